The van der Waals surface area contributed by atoms with Gasteiger partial charge in [0, 0.05) is 12.7 Å². The number of hydrogen-bond donors (Lipinski definition) is 1. The minimum atomic E-state index is -0.633. The number of aryl methyl sites for hydroxylation is 4. The summed E-state index contributed by atoms with van der Waals surface area (Å²) in [6, 6.07) is 8.54. The predicted molar refractivity (Wildman–Crippen MR) is 107 cm³/mol. The van der Waals surface area contributed by atoms with Gasteiger partial charge < -0.3 is 14.6 Å². The average Bonchev–Trinajstić information content (AvgIpc) is 2.67. The lowest BCUT2D eigenvalue weighted by Crippen LogP contribution is -2.30. The Hall–Kier alpha value is -3.48. The van der Waals surface area contributed by atoms with Crippen LogP contribution in [0.1, 0.15) is 37.5 Å². The van der Waals surface area contributed by atoms with Crippen molar-refractivity contribution in [3.8, 4) is 0 Å². The van der Waals surface area contributed by atoms with Crippen LogP contribution in [0, 0.1) is 20.8 Å². The van der Waals surface area contributed by atoms with Crippen molar-refractivity contribution in [1.82, 2.24) is 9.55 Å². The van der Waals surface area contributed by atoms with Crippen molar-refractivity contribution >= 4 is 28.6 Å². The summed E-state index contributed by atoms with van der Waals surface area (Å²) in [5, 5.41) is 2.68. The van der Waals surface area contributed by atoms with Crippen molar-refractivity contribution in [3.63, 3.8) is 0 Å². The molecule has 0 radical (unpaired) electrons. The topological polar surface area (TPSA) is 90.3 Å². The summed E-state index contributed by atoms with van der Waals surface area (Å²) in [6.07, 6.45) is 0. The maximum absolute atomic E-state index is 12.8. The number of fused-ring (bicyclic) bond motifs is 1. The molecule has 28 heavy (non-hydrogen) atoms. The van der Waals surface area contributed by atoms with E-state index in [-0.39, 0.29) is 5.69 Å². The molecule has 0 bridgehead atoms. The van der Waals surface area contributed by atoms with E-state index in [0.29, 0.717) is 22.3 Å². The number of nitrogens with one attached hydrogen (secondary N) is 1. The highest BCUT2D eigenvalue weighted by Crippen LogP contribution is 2.19. The van der Waals surface area contributed by atoms with Crippen LogP contribution < -0.4 is 10.9 Å². The molecule has 1 heterocycles. The fourth-order valence-electron chi connectivity index (χ4n) is 2.91. The molecule has 0 atom stereocenters. The van der Waals surface area contributed by atoms with Crippen LogP contribution in [-0.4, -0.2) is 28.5 Å². The predicted octanol–water partition coefficient (Wildman–Crippen LogP) is 2.90. The van der Waals surface area contributed by atoms with E-state index in [9.17, 15) is 14.4 Å². The van der Waals surface area contributed by atoms with Crippen LogP contribution in [0.4, 0.5) is 5.69 Å². The van der Waals surface area contributed by atoms with Crippen LogP contribution in [0.3, 0.4) is 0 Å². The molecule has 7 heteroatoms. The van der Waals surface area contributed by atoms with Crippen LogP contribution in [-0.2, 0) is 11.8 Å². The highest BCUT2D eigenvalue weighted by atomic mass is 16.5. The van der Waals surface area contributed by atoms with E-state index in [4.69, 9.17) is 4.74 Å². The minimum Gasteiger partial charge on any atom is -0.465 e. The molecule has 1 aromatic heterocycles. The monoisotopic (exact) mass is 379 g/mol. The summed E-state index contributed by atoms with van der Waals surface area (Å²) >= 11 is 0. The molecule has 7 nitrogen and oxygen atoms in total. The van der Waals surface area contributed by atoms with Gasteiger partial charge in [-0.3, -0.25) is 9.59 Å². The van der Waals surface area contributed by atoms with E-state index in [1.165, 1.54) is 17.7 Å². The molecule has 1 amide bonds. The summed E-state index contributed by atoms with van der Waals surface area (Å²) in [5.74, 6) is -1.15. The highest BCUT2D eigenvalue weighted by molar-refractivity contribution is 6.04. The number of esters is 1. The third-order valence-corrected chi connectivity index (χ3v) is 4.81. The number of carbonyl (C=O) groups excluding carboxylic acids is 2. The molecule has 0 spiro atoms. The van der Waals surface area contributed by atoms with Gasteiger partial charge in [0.15, 0.2) is 5.69 Å². The molecule has 0 fully saturated rings. The van der Waals surface area contributed by atoms with Gasteiger partial charge in [-0.2, -0.15) is 0 Å². The zero-order valence-electron chi connectivity index (χ0n) is 16.4. The molecule has 3 rings (SSSR count). The summed E-state index contributed by atoms with van der Waals surface area (Å²) in [4.78, 5) is 41.5. The SMILES string of the molecule is COC(=O)c1ccc(C)c(NC(=O)c2nc3cc(C)c(C)cc3n(C)c2=O)c1. The molecule has 0 saturated carbocycles. The standard InChI is InChI=1S/C21H21N3O4/c1-11-6-7-14(21(27)28-5)10-15(11)23-19(25)18-20(26)24(4)17-9-13(3)12(2)8-16(17)22-18/h6-10H,1-5H3,(H,23,25). The second-order valence-electron chi connectivity index (χ2n) is 6.73. The van der Waals surface area contributed by atoms with Crippen molar-refractivity contribution in [2.24, 2.45) is 7.05 Å². The quantitative estimate of drug-likeness (QED) is 0.707. The fourth-order valence-corrected chi connectivity index (χ4v) is 2.91. The van der Waals surface area contributed by atoms with Crippen molar-refractivity contribution in [1.29, 1.82) is 0 Å². The first-order valence-electron chi connectivity index (χ1n) is 8.71. The van der Waals surface area contributed by atoms with Gasteiger partial charge in [0.25, 0.3) is 11.5 Å². The van der Waals surface area contributed by atoms with Gasteiger partial charge in [-0.05, 0) is 61.7 Å². The fraction of sp³-hybridized carbons (Fsp3) is 0.238. The molecule has 144 valence electrons. The zero-order valence-corrected chi connectivity index (χ0v) is 16.4. The van der Waals surface area contributed by atoms with Crippen molar-refractivity contribution in [2.75, 3.05) is 12.4 Å². The van der Waals surface area contributed by atoms with Crippen LogP contribution in [0.2, 0.25) is 0 Å². The first-order chi connectivity index (χ1) is 13.2. The molecule has 0 aliphatic carbocycles. The molecule has 1 N–H and O–H groups in total. The molecular formula is C21H21N3O4. The van der Waals surface area contributed by atoms with Crippen LogP contribution in [0.5, 0.6) is 0 Å². The van der Waals surface area contributed by atoms with Gasteiger partial charge in [0.1, 0.15) is 0 Å². The first-order valence-corrected chi connectivity index (χ1v) is 8.71. The van der Waals surface area contributed by atoms with E-state index >= 15 is 0 Å². The summed E-state index contributed by atoms with van der Waals surface area (Å²) in [7, 11) is 2.90. The Morgan fingerprint density at radius 2 is 1.71 bits per heavy atom. The second-order valence-corrected chi connectivity index (χ2v) is 6.73. The molecule has 0 aliphatic heterocycles. The van der Waals surface area contributed by atoms with Crippen molar-refractivity contribution < 1.29 is 14.3 Å². The lowest BCUT2D eigenvalue weighted by atomic mass is 10.1. The van der Waals surface area contributed by atoms with Crippen LogP contribution in [0.25, 0.3) is 11.0 Å². The molecule has 0 saturated heterocycles. The van der Waals surface area contributed by atoms with Crippen LogP contribution >= 0.6 is 0 Å². The Balaban J connectivity index is 2.05. The molecule has 2 aromatic carbocycles. The Bertz CT molecular complexity index is 1180. The summed E-state index contributed by atoms with van der Waals surface area (Å²) in [6.45, 7) is 5.69. The van der Waals surface area contributed by atoms with Gasteiger partial charge in [0.2, 0.25) is 0 Å². The first kappa shape index (κ1) is 19.3. The van der Waals surface area contributed by atoms with Gasteiger partial charge in [0.05, 0.1) is 23.7 Å². The normalized spacial score (nSPS) is 10.8. The summed E-state index contributed by atoms with van der Waals surface area (Å²) < 4.78 is 6.13. The van der Waals surface area contributed by atoms with Gasteiger partial charge in [-0.25, -0.2) is 9.78 Å². The molecular weight excluding hydrogens is 358 g/mol. The Labute approximate surface area is 162 Å². The van der Waals surface area contributed by atoms with E-state index in [1.807, 2.05) is 26.0 Å². The Morgan fingerprint density at radius 3 is 2.39 bits per heavy atom. The third-order valence-electron chi connectivity index (χ3n) is 4.81. The largest absolute Gasteiger partial charge is 0.465 e. The number of methoxy groups -OCH3 is 1. The maximum Gasteiger partial charge on any atom is 0.337 e. The van der Waals surface area contributed by atoms with Crippen molar-refractivity contribution in [2.45, 2.75) is 20.8 Å². The number of ether oxygens (including phenoxy) is 1. The van der Waals surface area contributed by atoms with E-state index < -0.39 is 17.4 Å². The average molecular weight is 379 g/mol. The number of aromatic nitrogens is 2. The van der Waals surface area contributed by atoms with Crippen LogP contribution in [0.15, 0.2) is 35.1 Å². The maximum atomic E-state index is 12.8. The van der Waals surface area contributed by atoms with Gasteiger partial charge in [-0.1, -0.05) is 6.07 Å². The number of carbonyl (C=O) groups is 2. The van der Waals surface area contributed by atoms with E-state index in [0.717, 1.165) is 16.7 Å². The highest BCUT2D eigenvalue weighted by Gasteiger charge is 2.18. The van der Waals surface area contributed by atoms with Gasteiger partial charge in [-0.15, -0.1) is 0 Å². The smallest absolute Gasteiger partial charge is 0.337 e. The molecule has 0 unspecified atom stereocenters. The zero-order chi connectivity index (χ0) is 20.6. The number of hydrogen-bond acceptors (Lipinski definition) is 5. The Morgan fingerprint density at radius 1 is 1.04 bits per heavy atom. The number of benzene rings is 2. The summed E-state index contributed by atoms with van der Waals surface area (Å²) in [5.41, 5.74) is 4.04. The number of nitrogens with zero attached hydrogens (tertiary/aromatic N) is 2. The number of anilines is 1. The molecule has 0 aliphatic rings. The van der Waals surface area contributed by atoms with Gasteiger partial charge >= 0.3 is 5.97 Å². The van der Waals surface area contributed by atoms with E-state index in [2.05, 4.69) is 10.3 Å². The van der Waals surface area contributed by atoms with E-state index in [1.54, 1.807) is 26.1 Å². The second kappa shape index (κ2) is 7.26. The third kappa shape index (κ3) is 3.38. The molecule has 3 aromatic rings. The van der Waals surface area contributed by atoms with Crippen molar-refractivity contribution in [3.05, 3.63) is 68.6 Å². The number of amides is 1. The number of rotatable bonds is 3. The lowest BCUT2D eigenvalue weighted by Gasteiger charge is -2.12. The lowest BCUT2D eigenvalue weighted by molar-refractivity contribution is 0.0600. The Kier molecular flexibility index (Phi) is 5.00. The minimum absolute atomic E-state index is 0.207.